The number of hydrogen-bond donors (Lipinski definition) is 1. The Hall–Kier alpha value is -3.78. The molecule has 8 heteroatoms. The van der Waals surface area contributed by atoms with Gasteiger partial charge in [-0.3, -0.25) is 0 Å². The van der Waals surface area contributed by atoms with Crippen LogP contribution in [0, 0.1) is 5.82 Å². The van der Waals surface area contributed by atoms with Gasteiger partial charge in [-0.05, 0) is 52.7 Å². The summed E-state index contributed by atoms with van der Waals surface area (Å²) in [7, 11) is 0. The molecule has 0 saturated heterocycles. The molecule has 0 fully saturated rings. The molecule has 5 rings (SSSR count). The van der Waals surface area contributed by atoms with E-state index < -0.39 is 17.6 Å². The molecule has 32 heavy (non-hydrogen) atoms. The topological polar surface area (TPSA) is 50.9 Å². The van der Waals surface area contributed by atoms with E-state index in [1.54, 1.807) is 30.3 Å². The van der Waals surface area contributed by atoms with E-state index in [9.17, 15) is 22.7 Å². The SMILES string of the molecule is OC(c1ccc2c(c1)nnn2-c1ccc(F)cc1)(c1cccc2ccccc12)C(F)(F)F. The lowest BCUT2D eigenvalue weighted by molar-refractivity contribution is -0.247. The molecule has 1 unspecified atom stereocenters. The van der Waals surface area contributed by atoms with Crippen molar-refractivity contribution in [2.24, 2.45) is 0 Å². The molecule has 5 aromatic rings. The largest absolute Gasteiger partial charge is 0.425 e. The highest BCUT2D eigenvalue weighted by molar-refractivity contribution is 5.87. The van der Waals surface area contributed by atoms with Crippen LogP contribution in [0.4, 0.5) is 17.6 Å². The molecular weight excluding hydrogens is 422 g/mol. The first-order valence-corrected chi connectivity index (χ1v) is 9.68. The number of hydrogen-bond acceptors (Lipinski definition) is 3. The zero-order valence-corrected chi connectivity index (χ0v) is 16.4. The number of aromatic nitrogens is 3. The van der Waals surface area contributed by atoms with E-state index in [4.69, 9.17) is 0 Å². The maximum Gasteiger partial charge on any atom is 0.425 e. The van der Waals surface area contributed by atoms with Crippen LogP contribution in [-0.4, -0.2) is 26.3 Å². The highest BCUT2D eigenvalue weighted by Crippen LogP contribution is 2.46. The average Bonchev–Trinajstić information content (AvgIpc) is 3.21. The van der Waals surface area contributed by atoms with Crippen LogP contribution in [0.1, 0.15) is 11.1 Å². The summed E-state index contributed by atoms with van der Waals surface area (Å²) in [5.41, 5.74) is -2.82. The first-order chi connectivity index (χ1) is 15.3. The zero-order valence-electron chi connectivity index (χ0n) is 16.4. The van der Waals surface area contributed by atoms with Gasteiger partial charge in [0.15, 0.2) is 0 Å². The molecule has 4 nitrogen and oxygen atoms in total. The number of rotatable bonds is 3. The molecule has 0 amide bonds. The predicted molar refractivity (Wildman–Crippen MR) is 112 cm³/mol. The summed E-state index contributed by atoms with van der Waals surface area (Å²) in [5.74, 6) is -0.425. The lowest BCUT2D eigenvalue weighted by Crippen LogP contribution is -2.43. The molecule has 0 radical (unpaired) electrons. The van der Waals surface area contributed by atoms with Crippen LogP contribution in [-0.2, 0) is 5.60 Å². The lowest BCUT2D eigenvalue weighted by Gasteiger charge is -2.32. The molecule has 0 aliphatic rings. The highest BCUT2D eigenvalue weighted by Gasteiger charge is 2.57. The number of alkyl halides is 3. The van der Waals surface area contributed by atoms with Gasteiger partial charge in [0, 0.05) is 5.56 Å². The van der Waals surface area contributed by atoms with Crippen molar-refractivity contribution >= 4 is 21.8 Å². The van der Waals surface area contributed by atoms with Crippen LogP contribution in [0.3, 0.4) is 0 Å². The molecule has 160 valence electrons. The van der Waals surface area contributed by atoms with Crippen molar-refractivity contribution in [2.45, 2.75) is 11.8 Å². The van der Waals surface area contributed by atoms with Gasteiger partial charge in [-0.2, -0.15) is 13.2 Å². The Kier molecular flexibility index (Phi) is 4.49. The fourth-order valence-corrected chi connectivity index (χ4v) is 3.93. The third kappa shape index (κ3) is 3.03. The normalized spacial score (nSPS) is 14.0. The van der Waals surface area contributed by atoms with Gasteiger partial charge in [0.25, 0.3) is 0 Å². The molecule has 1 atom stereocenters. The standard InChI is InChI=1S/C24H15F4N3O/c25-17-9-11-18(12-10-17)31-22-13-8-16(14-21(22)29-30-31)23(32,24(26,27)28)20-7-3-5-15-4-1-2-6-19(15)20/h1-14,32H. The van der Waals surface area contributed by atoms with Crippen molar-refractivity contribution in [3.8, 4) is 5.69 Å². The minimum Gasteiger partial charge on any atom is -0.372 e. The number of nitrogens with zero attached hydrogens (tertiary/aromatic N) is 3. The minimum atomic E-state index is -5.00. The Balaban J connectivity index is 1.71. The fourth-order valence-electron chi connectivity index (χ4n) is 3.93. The second-order valence-corrected chi connectivity index (χ2v) is 7.42. The van der Waals surface area contributed by atoms with E-state index in [0.717, 1.165) is 0 Å². The molecule has 4 aromatic carbocycles. The summed E-state index contributed by atoms with van der Waals surface area (Å²) in [5, 5.41) is 20.0. The summed E-state index contributed by atoms with van der Waals surface area (Å²) < 4.78 is 57.8. The maximum atomic E-state index is 14.4. The predicted octanol–water partition coefficient (Wildman–Crippen LogP) is 5.51. The van der Waals surface area contributed by atoms with E-state index in [1.807, 2.05) is 0 Å². The Bertz CT molecular complexity index is 1440. The van der Waals surface area contributed by atoms with Crippen LogP contribution in [0.15, 0.2) is 84.9 Å². The van der Waals surface area contributed by atoms with Crippen molar-refractivity contribution in [2.75, 3.05) is 0 Å². The minimum absolute atomic E-state index is 0.162. The van der Waals surface area contributed by atoms with Gasteiger partial charge in [0.2, 0.25) is 5.60 Å². The smallest absolute Gasteiger partial charge is 0.372 e. The van der Waals surface area contributed by atoms with Gasteiger partial charge in [-0.25, -0.2) is 9.07 Å². The molecule has 0 aliphatic carbocycles. The van der Waals surface area contributed by atoms with Crippen LogP contribution in [0.25, 0.3) is 27.5 Å². The number of fused-ring (bicyclic) bond motifs is 2. The van der Waals surface area contributed by atoms with Crippen molar-refractivity contribution in [3.05, 3.63) is 102 Å². The van der Waals surface area contributed by atoms with Crippen LogP contribution >= 0.6 is 0 Å². The van der Waals surface area contributed by atoms with E-state index in [1.165, 1.54) is 59.3 Å². The third-order valence-electron chi connectivity index (χ3n) is 5.52. The van der Waals surface area contributed by atoms with E-state index in [-0.39, 0.29) is 16.6 Å². The Morgan fingerprint density at radius 3 is 2.28 bits per heavy atom. The van der Waals surface area contributed by atoms with Gasteiger partial charge in [-0.15, -0.1) is 5.10 Å². The molecular formula is C24H15F4N3O. The van der Waals surface area contributed by atoms with Crippen molar-refractivity contribution in [1.29, 1.82) is 0 Å². The first-order valence-electron chi connectivity index (χ1n) is 9.68. The molecule has 1 N–H and O–H groups in total. The second-order valence-electron chi connectivity index (χ2n) is 7.42. The fraction of sp³-hybridized carbons (Fsp3) is 0.0833. The zero-order chi connectivity index (χ0) is 22.5. The second kappa shape index (κ2) is 7.13. The third-order valence-corrected chi connectivity index (χ3v) is 5.52. The summed E-state index contributed by atoms with van der Waals surface area (Å²) in [4.78, 5) is 0. The van der Waals surface area contributed by atoms with Crippen LogP contribution in [0.5, 0.6) is 0 Å². The molecule has 0 saturated carbocycles. The van der Waals surface area contributed by atoms with Gasteiger partial charge in [0.05, 0.1) is 11.2 Å². The van der Waals surface area contributed by atoms with Gasteiger partial charge in [-0.1, -0.05) is 53.7 Å². The maximum absolute atomic E-state index is 14.4. The Morgan fingerprint density at radius 2 is 1.53 bits per heavy atom. The van der Waals surface area contributed by atoms with Crippen molar-refractivity contribution in [1.82, 2.24) is 15.0 Å². The highest BCUT2D eigenvalue weighted by atomic mass is 19.4. The molecule has 0 spiro atoms. The van der Waals surface area contributed by atoms with Gasteiger partial charge < -0.3 is 5.11 Å². The summed E-state index contributed by atoms with van der Waals surface area (Å²) in [6.07, 6.45) is -5.00. The van der Waals surface area contributed by atoms with Gasteiger partial charge >= 0.3 is 6.18 Å². The number of aliphatic hydroxyl groups is 1. The van der Waals surface area contributed by atoms with Crippen molar-refractivity contribution < 1.29 is 22.7 Å². The number of halogens is 4. The molecule has 0 bridgehead atoms. The summed E-state index contributed by atoms with van der Waals surface area (Å²) in [6, 6.07) is 20.3. The molecule has 1 aromatic heterocycles. The van der Waals surface area contributed by atoms with Crippen molar-refractivity contribution in [3.63, 3.8) is 0 Å². The molecule has 1 heterocycles. The summed E-state index contributed by atoms with van der Waals surface area (Å²) in [6.45, 7) is 0. The molecule has 0 aliphatic heterocycles. The first kappa shape index (κ1) is 20.1. The van der Waals surface area contributed by atoms with Gasteiger partial charge in [0.1, 0.15) is 11.3 Å². The number of benzene rings is 4. The van der Waals surface area contributed by atoms with E-state index in [0.29, 0.717) is 22.0 Å². The van der Waals surface area contributed by atoms with E-state index >= 15 is 0 Å². The van der Waals surface area contributed by atoms with E-state index in [2.05, 4.69) is 10.3 Å². The average molecular weight is 437 g/mol. The lowest BCUT2D eigenvalue weighted by atomic mass is 9.82. The summed E-state index contributed by atoms with van der Waals surface area (Å²) >= 11 is 0. The Labute approximate surface area is 179 Å². The Morgan fingerprint density at radius 1 is 0.812 bits per heavy atom. The van der Waals surface area contributed by atoms with Crippen LogP contribution in [0.2, 0.25) is 0 Å². The quantitative estimate of drug-likeness (QED) is 0.379. The van der Waals surface area contributed by atoms with Crippen LogP contribution < -0.4 is 0 Å². The monoisotopic (exact) mass is 437 g/mol.